The van der Waals surface area contributed by atoms with Crippen LogP contribution in [0.2, 0.25) is 0 Å². The van der Waals surface area contributed by atoms with Crippen molar-refractivity contribution in [3.8, 4) is 0 Å². The summed E-state index contributed by atoms with van der Waals surface area (Å²) in [6.07, 6.45) is 3.01. The number of carboxylic acid groups (broad SMARTS) is 2. The summed E-state index contributed by atoms with van der Waals surface area (Å²) < 4.78 is 5.13. The third kappa shape index (κ3) is 15.7. The van der Waals surface area contributed by atoms with E-state index < -0.39 is 41.9 Å². The van der Waals surface area contributed by atoms with Crippen molar-refractivity contribution < 1.29 is 38.9 Å². The molecule has 0 bridgehead atoms. The second-order valence-corrected chi connectivity index (χ2v) is 14.8. The van der Waals surface area contributed by atoms with Gasteiger partial charge < -0.3 is 47.3 Å². The summed E-state index contributed by atoms with van der Waals surface area (Å²) in [5.74, 6) is -2.98. The van der Waals surface area contributed by atoms with Crippen LogP contribution in [0.3, 0.4) is 0 Å². The Morgan fingerprint density at radius 1 is 0.877 bits per heavy atom. The maximum Gasteiger partial charge on any atom is 0.407 e. The summed E-state index contributed by atoms with van der Waals surface area (Å²) in [5.41, 5.74) is 8.66. The molecule has 4 aromatic rings. The number of rotatable bonds is 24. The van der Waals surface area contributed by atoms with Crippen molar-refractivity contribution in [2.45, 2.75) is 62.7 Å². The molecule has 0 spiro atoms. The second-order valence-electron chi connectivity index (χ2n) is 12.4. The van der Waals surface area contributed by atoms with Crippen LogP contribution in [0.5, 0.6) is 0 Å². The predicted molar refractivity (Wildman–Crippen MR) is 214 cm³/mol. The van der Waals surface area contributed by atoms with Crippen molar-refractivity contribution in [1.82, 2.24) is 46.2 Å². The van der Waals surface area contributed by atoms with Gasteiger partial charge in [0.25, 0.3) is 5.91 Å². The van der Waals surface area contributed by atoms with Gasteiger partial charge in [-0.15, -0.1) is 0 Å². The summed E-state index contributed by atoms with van der Waals surface area (Å²) in [6, 6.07) is 9.43. The molecule has 2 atom stereocenters. The number of nitrogens with two attached hydrogens (primary N) is 1. The molecule has 19 nitrogen and oxygen atoms in total. The Morgan fingerprint density at radius 3 is 2.39 bits per heavy atom. The standard InChI is InChI=1S/C36H45N11O8S2/c1-22-30-31(47-35(37)43-22)42-21-25(44-30)20-41-24-10-8-23(9-11-24)32(49)46-27(34(52)53)12-13-28(48)45-26(33(50)51)6-2-4-15-40-36(54)55-18-16-38-17-19-56-57-29-7-3-5-14-39-29/h3,5,7-11,14,21,26-27,38,41H,2,4,6,12-13,15-20H2,1H3,(H,40,54)(H,45,48)(H,46,49)(H,50,51)(H,52,53)(H2,37,42,43,47). The molecule has 21 heteroatoms. The molecule has 0 radical (unpaired) electrons. The largest absolute Gasteiger partial charge is 0.480 e. The highest BCUT2D eigenvalue weighted by Crippen LogP contribution is 2.28. The summed E-state index contributed by atoms with van der Waals surface area (Å²) in [5, 5.41) is 34.0. The number of fused-ring (bicyclic) bond motifs is 1. The lowest BCUT2D eigenvalue weighted by molar-refractivity contribution is -0.142. The van der Waals surface area contributed by atoms with Gasteiger partial charge in [-0.1, -0.05) is 16.9 Å². The number of hydrogen-bond donors (Lipinski definition) is 8. The number of ether oxygens (including phenoxy) is 1. The Kier molecular flexibility index (Phi) is 18.0. The van der Waals surface area contributed by atoms with Gasteiger partial charge in [-0.05, 0) is 79.8 Å². The number of unbranched alkanes of at least 4 members (excludes halogenated alkanes) is 1. The maximum absolute atomic E-state index is 12.9. The Balaban J connectivity index is 1.08. The lowest BCUT2D eigenvalue weighted by atomic mass is 10.1. The Labute approximate surface area is 336 Å². The van der Waals surface area contributed by atoms with E-state index >= 15 is 0 Å². The first-order valence-electron chi connectivity index (χ1n) is 18.0. The zero-order valence-corrected chi connectivity index (χ0v) is 32.7. The van der Waals surface area contributed by atoms with E-state index in [-0.39, 0.29) is 43.9 Å². The molecule has 0 aliphatic heterocycles. The number of nitrogen functional groups attached to an aromatic ring is 1. The Hall–Kier alpha value is -5.80. The number of carbonyl (C=O) groups is 5. The van der Waals surface area contributed by atoms with E-state index in [2.05, 4.69) is 51.5 Å². The average Bonchev–Trinajstić information content (AvgIpc) is 3.19. The van der Waals surface area contributed by atoms with Crippen LogP contribution >= 0.6 is 21.6 Å². The smallest absolute Gasteiger partial charge is 0.407 e. The van der Waals surface area contributed by atoms with Gasteiger partial charge in [0, 0.05) is 49.3 Å². The first-order chi connectivity index (χ1) is 27.5. The highest BCUT2D eigenvalue weighted by atomic mass is 33.1. The van der Waals surface area contributed by atoms with E-state index in [9.17, 15) is 34.2 Å². The Bertz CT molecular complexity index is 1960. The number of carbonyl (C=O) groups excluding carboxylic acids is 3. The van der Waals surface area contributed by atoms with Gasteiger partial charge in [-0.25, -0.2) is 34.3 Å². The molecule has 0 saturated carbocycles. The number of alkyl carbamates (subject to hydrolysis) is 1. The van der Waals surface area contributed by atoms with Crippen LogP contribution in [0.25, 0.3) is 11.2 Å². The number of aryl methyl sites for hydroxylation is 1. The van der Waals surface area contributed by atoms with Gasteiger partial charge in [0.05, 0.1) is 24.1 Å². The third-order valence-electron chi connectivity index (χ3n) is 8.01. The molecule has 3 aromatic heterocycles. The van der Waals surface area contributed by atoms with Crippen LogP contribution in [-0.2, 0) is 25.7 Å². The number of benzene rings is 1. The zero-order chi connectivity index (χ0) is 41.0. The molecule has 3 heterocycles. The minimum atomic E-state index is -1.40. The molecule has 0 aliphatic carbocycles. The second kappa shape index (κ2) is 23.3. The first-order valence-corrected chi connectivity index (χ1v) is 20.3. The number of pyridine rings is 1. The van der Waals surface area contributed by atoms with Crippen molar-refractivity contribution in [3.63, 3.8) is 0 Å². The van der Waals surface area contributed by atoms with Crippen LogP contribution in [0.1, 0.15) is 53.8 Å². The number of amides is 3. The molecule has 9 N–H and O–H groups in total. The van der Waals surface area contributed by atoms with Crippen LogP contribution in [-0.4, -0.2) is 109 Å². The molecule has 0 fully saturated rings. The van der Waals surface area contributed by atoms with Crippen molar-refractivity contribution in [3.05, 3.63) is 71.8 Å². The topological polar surface area (TPSA) is 286 Å². The van der Waals surface area contributed by atoms with Gasteiger partial charge in [0.1, 0.15) is 29.2 Å². The van der Waals surface area contributed by atoms with Gasteiger partial charge in [0.15, 0.2) is 5.65 Å². The minimum Gasteiger partial charge on any atom is -0.480 e. The minimum absolute atomic E-state index is 0.0855. The fourth-order valence-corrected chi connectivity index (χ4v) is 6.91. The normalized spacial score (nSPS) is 11.9. The van der Waals surface area contributed by atoms with E-state index in [1.807, 2.05) is 18.2 Å². The molecule has 4 rings (SSSR count). The van der Waals surface area contributed by atoms with Gasteiger partial charge in [0.2, 0.25) is 11.9 Å². The molecule has 0 aliphatic rings. The molecule has 1 aromatic carbocycles. The SMILES string of the molecule is Cc1nc(N)nc2ncc(CNc3ccc(C(=O)NC(CCC(=O)NC(CCCCNC(=O)OCCNCCSSc4ccccn4)C(=O)O)C(=O)O)cc3)nc12. The summed E-state index contributed by atoms with van der Waals surface area (Å²) >= 11 is 0. The van der Waals surface area contributed by atoms with Crippen molar-refractivity contribution in [2.75, 3.05) is 43.0 Å². The Morgan fingerprint density at radius 2 is 1.65 bits per heavy atom. The third-order valence-corrected chi connectivity index (χ3v) is 10.3. The molecule has 0 saturated heterocycles. The van der Waals surface area contributed by atoms with E-state index in [0.29, 0.717) is 54.2 Å². The van der Waals surface area contributed by atoms with Crippen LogP contribution in [0.15, 0.2) is 59.9 Å². The number of hydrogen-bond acceptors (Lipinski definition) is 16. The number of aromatic nitrogens is 5. The predicted octanol–water partition coefficient (Wildman–Crippen LogP) is 2.78. The molecule has 304 valence electrons. The zero-order valence-electron chi connectivity index (χ0n) is 31.1. The van der Waals surface area contributed by atoms with Gasteiger partial charge in [-0.3, -0.25) is 9.59 Å². The number of nitrogens with one attached hydrogen (secondary N) is 5. The molecule has 2 unspecified atom stereocenters. The fourth-order valence-electron chi connectivity index (χ4n) is 5.09. The summed E-state index contributed by atoms with van der Waals surface area (Å²) in [6.45, 7) is 3.74. The summed E-state index contributed by atoms with van der Waals surface area (Å²) in [7, 11) is 3.26. The van der Waals surface area contributed by atoms with Crippen LogP contribution in [0.4, 0.5) is 16.4 Å². The number of nitrogens with zero attached hydrogens (tertiary/aromatic N) is 5. The highest BCUT2D eigenvalue weighted by molar-refractivity contribution is 8.76. The molecular weight excluding hydrogens is 779 g/mol. The lowest BCUT2D eigenvalue weighted by Crippen LogP contribution is -2.44. The van der Waals surface area contributed by atoms with Crippen molar-refractivity contribution >= 4 is 74.2 Å². The monoisotopic (exact) mass is 823 g/mol. The van der Waals surface area contributed by atoms with Gasteiger partial charge >= 0.3 is 18.0 Å². The molecule has 3 amide bonds. The summed E-state index contributed by atoms with van der Waals surface area (Å²) in [4.78, 5) is 82.2. The molecule has 57 heavy (non-hydrogen) atoms. The highest BCUT2D eigenvalue weighted by Gasteiger charge is 2.24. The quantitative estimate of drug-likeness (QED) is 0.0372. The van der Waals surface area contributed by atoms with Crippen LogP contribution < -0.4 is 32.3 Å². The number of aliphatic carboxylic acids is 2. The fraction of sp³-hybridized carbons (Fsp3) is 0.389. The van der Waals surface area contributed by atoms with Crippen molar-refractivity contribution in [2.24, 2.45) is 0 Å². The lowest BCUT2D eigenvalue weighted by Gasteiger charge is -2.17. The molecular formula is C36H45N11O8S2. The maximum atomic E-state index is 12.9. The van der Waals surface area contributed by atoms with Crippen molar-refractivity contribution in [1.29, 1.82) is 0 Å². The van der Waals surface area contributed by atoms with Gasteiger partial charge in [-0.2, -0.15) is 4.98 Å². The van der Waals surface area contributed by atoms with E-state index in [0.717, 1.165) is 17.3 Å². The first kappa shape index (κ1) is 43.9. The van der Waals surface area contributed by atoms with E-state index in [4.69, 9.17) is 10.5 Å². The van der Waals surface area contributed by atoms with E-state index in [1.165, 1.54) is 12.1 Å². The number of carboxylic acids is 2. The van der Waals surface area contributed by atoms with Crippen LogP contribution in [0, 0.1) is 6.92 Å². The number of anilines is 2. The average molecular weight is 824 g/mol. The van der Waals surface area contributed by atoms with E-state index in [1.54, 1.807) is 53.0 Å².